The summed E-state index contributed by atoms with van der Waals surface area (Å²) < 4.78 is 0.760. The number of aliphatic hydroxyl groups is 1. The van der Waals surface area contributed by atoms with E-state index in [1.807, 2.05) is 30.3 Å². The zero-order chi connectivity index (χ0) is 17.8. The number of hydrogen-bond acceptors (Lipinski definition) is 5. The quantitative estimate of drug-likeness (QED) is 0.633. The molecule has 1 amide bonds. The van der Waals surface area contributed by atoms with Crippen molar-refractivity contribution in [1.82, 2.24) is 4.98 Å². The van der Waals surface area contributed by atoms with Gasteiger partial charge >= 0.3 is 0 Å². The Morgan fingerprint density at radius 3 is 2.84 bits per heavy atom. The van der Waals surface area contributed by atoms with E-state index in [1.54, 1.807) is 6.07 Å². The number of carbonyl (C=O) groups is 1. The lowest BCUT2D eigenvalue weighted by Crippen LogP contribution is -2.04. The highest BCUT2D eigenvalue weighted by Crippen LogP contribution is 2.32. The number of phenols is 1. The molecule has 3 rings (SSSR count). The van der Waals surface area contributed by atoms with Gasteiger partial charge in [0, 0.05) is 18.9 Å². The van der Waals surface area contributed by atoms with E-state index in [0.717, 1.165) is 15.8 Å². The molecule has 0 saturated heterocycles. The van der Waals surface area contributed by atoms with E-state index < -0.39 is 0 Å². The third-order valence-electron chi connectivity index (χ3n) is 3.46. The highest BCUT2D eigenvalue weighted by Gasteiger charge is 2.10. The molecule has 6 heteroatoms. The summed E-state index contributed by atoms with van der Waals surface area (Å²) in [5, 5.41) is 22.3. The van der Waals surface area contributed by atoms with Crippen LogP contribution in [0.3, 0.4) is 0 Å². The normalized spacial score (nSPS) is 10.3. The van der Waals surface area contributed by atoms with E-state index in [4.69, 9.17) is 5.11 Å². The van der Waals surface area contributed by atoms with E-state index in [-0.39, 0.29) is 18.3 Å². The summed E-state index contributed by atoms with van der Waals surface area (Å²) >= 11 is 1.29. The van der Waals surface area contributed by atoms with Gasteiger partial charge in [-0.3, -0.25) is 4.79 Å². The summed E-state index contributed by atoms with van der Waals surface area (Å²) in [6, 6.07) is 11.0. The van der Waals surface area contributed by atoms with Crippen LogP contribution in [0.25, 0.3) is 10.2 Å². The Morgan fingerprint density at radius 1 is 1.28 bits per heavy atom. The summed E-state index contributed by atoms with van der Waals surface area (Å²) in [6.45, 7) is 1.42. The van der Waals surface area contributed by atoms with E-state index in [1.165, 1.54) is 18.3 Å². The lowest BCUT2D eigenvalue weighted by atomic mass is 10.1. The second kappa shape index (κ2) is 7.34. The lowest BCUT2D eigenvalue weighted by molar-refractivity contribution is -0.114. The van der Waals surface area contributed by atoms with Gasteiger partial charge in [0.25, 0.3) is 0 Å². The smallest absolute Gasteiger partial charge is 0.223 e. The molecule has 0 atom stereocenters. The van der Waals surface area contributed by atoms with Crippen molar-refractivity contribution in [1.29, 1.82) is 0 Å². The largest absolute Gasteiger partial charge is 0.506 e. The van der Waals surface area contributed by atoms with Gasteiger partial charge in [-0.2, -0.15) is 0 Å². The number of thiazole rings is 1. The molecule has 5 nitrogen and oxygen atoms in total. The highest BCUT2D eigenvalue weighted by atomic mass is 32.1. The molecule has 3 N–H and O–H groups in total. The first-order valence-corrected chi connectivity index (χ1v) is 8.45. The number of aromatic nitrogens is 1. The molecular weight excluding hydrogens is 336 g/mol. The van der Waals surface area contributed by atoms with E-state index in [0.29, 0.717) is 22.6 Å². The molecule has 0 unspecified atom stereocenters. The number of benzene rings is 2. The van der Waals surface area contributed by atoms with Gasteiger partial charge in [-0.25, -0.2) is 4.98 Å². The predicted molar refractivity (Wildman–Crippen MR) is 98.5 cm³/mol. The van der Waals surface area contributed by atoms with Crippen LogP contribution in [0.5, 0.6) is 5.75 Å². The Bertz CT molecular complexity index is 999. The van der Waals surface area contributed by atoms with Crippen molar-refractivity contribution >= 4 is 32.6 Å². The van der Waals surface area contributed by atoms with Crippen LogP contribution in [-0.2, 0) is 17.8 Å². The number of fused-ring (bicyclic) bond motifs is 1. The fourth-order valence-corrected chi connectivity index (χ4v) is 3.35. The molecule has 0 radical (unpaired) electrons. The van der Waals surface area contributed by atoms with Gasteiger partial charge in [0.15, 0.2) is 5.13 Å². The van der Waals surface area contributed by atoms with Crippen LogP contribution in [0.15, 0.2) is 36.4 Å². The van der Waals surface area contributed by atoms with Crippen molar-refractivity contribution in [3.8, 4) is 17.6 Å². The van der Waals surface area contributed by atoms with Crippen LogP contribution in [0.4, 0.5) is 5.13 Å². The molecule has 0 spiro atoms. The number of nitrogens with one attached hydrogen (secondary N) is 1. The number of rotatable bonds is 3. The number of nitrogens with zero attached hydrogens (tertiary/aromatic N) is 1. The van der Waals surface area contributed by atoms with Crippen LogP contribution < -0.4 is 5.32 Å². The summed E-state index contributed by atoms with van der Waals surface area (Å²) in [7, 11) is 0. The Hall–Kier alpha value is -2.88. The van der Waals surface area contributed by atoms with E-state index >= 15 is 0 Å². The Kier molecular flexibility index (Phi) is 4.98. The van der Waals surface area contributed by atoms with Crippen molar-refractivity contribution in [2.24, 2.45) is 0 Å². The van der Waals surface area contributed by atoms with Crippen molar-refractivity contribution in [3.63, 3.8) is 0 Å². The SMILES string of the molecule is CC(=O)Nc1nc2c(O)cc(C#CCc3cccc(CO)c3)cc2s1. The maximum atomic E-state index is 11.1. The summed E-state index contributed by atoms with van der Waals surface area (Å²) in [5.41, 5.74) is 3.01. The number of hydrogen-bond donors (Lipinski definition) is 3. The van der Waals surface area contributed by atoms with Crippen molar-refractivity contribution in [2.45, 2.75) is 20.0 Å². The van der Waals surface area contributed by atoms with Gasteiger partial charge in [0.05, 0.1) is 11.3 Å². The molecule has 3 aromatic rings. The van der Waals surface area contributed by atoms with E-state index in [9.17, 15) is 9.90 Å². The van der Waals surface area contributed by atoms with Crippen LogP contribution in [0.2, 0.25) is 0 Å². The molecule has 25 heavy (non-hydrogen) atoms. The number of aliphatic hydroxyl groups excluding tert-OH is 1. The number of aromatic hydroxyl groups is 1. The number of carbonyl (C=O) groups excluding carboxylic acids is 1. The first-order valence-electron chi connectivity index (χ1n) is 7.64. The zero-order valence-electron chi connectivity index (χ0n) is 13.5. The molecule has 126 valence electrons. The first kappa shape index (κ1) is 17.0. The molecule has 2 aromatic carbocycles. The van der Waals surface area contributed by atoms with Crippen LogP contribution in [-0.4, -0.2) is 21.1 Å². The lowest BCUT2D eigenvalue weighted by Gasteiger charge is -1.99. The molecule has 0 saturated carbocycles. The van der Waals surface area contributed by atoms with Crippen LogP contribution in [0, 0.1) is 11.8 Å². The molecular formula is C19H16N2O3S. The fraction of sp³-hybridized carbons (Fsp3) is 0.158. The zero-order valence-corrected chi connectivity index (χ0v) is 14.4. The maximum Gasteiger partial charge on any atom is 0.223 e. The molecule has 0 bridgehead atoms. The Labute approximate surface area is 149 Å². The second-order valence-electron chi connectivity index (χ2n) is 5.50. The third kappa shape index (κ3) is 4.15. The molecule has 0 aliphatic carbocycles. The number of anilines is 1. The molecule has 1 heterocycles. The van der Waals surface area contributed by atoms with Gasteiger partial charge in [0.1, 0.15) is 11.3 Å². The standard InChI is InChI=1S/C19H16N2O3S/c1-12(23)20-19-21-18-16(24)9-14(10-17(18)25-19)6-2-4-13-5-3-7-15(8-13)11-22/h3,5,7-10,22,24H,4,11H2,1H3,(H,20,21,23). The molecule has 0 aliphatic heterocycles. The minimum Gasteiger partial charge on any atom is -0.506 e. The molecule has 0 aliphatic rings. The van der Waals surface area contributed by atoms with Gasteiger partial charge in [-0.1, -0.05) is 47.4 Å². The molecule has 0 fully saturated rings. The Balaban J connectivity index is 1.83. The monoisotopic (exact) mass is 352 g/mol. The topological polar surface area (TPSA) is 82.5 Å². The summed E-state index contributed by atoms with van der Waals surface area (Å²) in [5.74, 6) is 5.94. The fourth-order valence-electron chi connectivity index (χ4n) is 2.37. The van der Waals surface area contributed by atoms with E-state index in [2.05, 4.69) is 22.1 Å². The summed E-state index contributed by atoms with van der Waals surface area (Å²) in [4.78, 5) is 15.3. The number of amides is 1. The Morgan fingerprint density at radius 2 is 2.08 bits per heavy atom. The van der Waals surface area contributed by atoms with Crippen molar-refractivity contribution < 1.29 is 15.0 Å². The van der Waals surface area contributed by atoms with Crippen LogP contribution in [0.1, 0.15) is 23.6 Å². The van der Waals surface area contributed by atoms with Gasteiger partial charge in [-0.05, 0) is 23.3 Å². The van der Waals surface area contributed by atoms with Crippen molar-refractivity contribution in [2.75, 3.05) is 5.32 Å². The maximum absolute atomic E-state index is 11.1. The number of phenolic OH excluding ortho intramolecular Hbond substituents is 1. The predicted octanol–water partition coefficient (Wildman–Crippen LogP) is 3.05. The van der Waals surface area contributed by atoms with Gasteiger partial charge < -0.3 is 15.5 Å². The van der Waals surface area contributed by atoms with Gasteiger partial charge in [0.2, 0.25) is 5.91 Å². The second-order valence-corrected chi connectivity index (χ2v) is 6.53. The minimum absolute atomic E-state index is 0.00776. The van der Waals surface area contributed by atoms with Gasteiger partial charge in [-0.15, -0.1) is 0 Å². The molecule has 1 aromatic heterocycles. The average molecular weight is 352 g/mol. The first-order chi connectivity index (χ1) is 12.0. The van der Waals surface area contributed by atoms with Crippen LogP contribution >= 0.6 is 11.3 Å². The van der Waals surface area contributed by atoms with Crippen molar-refractivity contribution in [3.05, 3.63) is 53.1 Å². The average Bonchev–Trinajstić information content (AvgIpc) is 2.97. The highest BCUT2D eigenvalue weighted by molar-refractivity contribution is 7.22. The third-order valence-corrected chi connectivity index (χ3v) is 4.37. The minimum atomic E-state index is -0.205. The summed E-state index contributed by atoms with van der Waals surface area (Å²) in [6.07, 6.45) is 0.548.